The maximum atomic E-state index is 6.59. The molecule has 2 aliphatic heterocycles. The molecule has 2 heterocycles. The van der Waals surface area contributed by atoms with E-state index in [0.717, 1.165) is 29.4 Å². The summed E-state index contributed by atoms with van der Waals surface area (Å²) in [6.07, 6.45) is 9.78. The zero-order valence-electron chi connectivity index (χ0n) is 14.6. The van der Waals surface area contributed by atoms with Crippen LogP contribution in [0.5, 0.6) is 11.5 Å². The highest BCUT2D eigenvalue weighted by molar-refractivity contribution is 5.60. The van der Waals surface area contributed by atoms with E-state index in [1.54, 1.807) is 18.2 Å². The Morgan fingerprint density at radius 2 is 2.17 bits per heavy atom. The molecule has 0 radical (unpaired) electrons. The summed E-state index contributed by atoms with van der Waals surface area (Å²) in [5.41, 5.74) is 3.40. The van der Waals surface area contributed by atoms with E-state index in [4.69, 9.17) is 9.47 Å². The number of piperidine rings is 1. The first-order valence-electron chi connectivity index (χ1n) is 9.92. The third kappa shape index (κ3) is 1.62. The summed E-state index contributed by atoms with van der Waals surface area (Å²) in [6.45, 7) is 2.62. The SMILES string of the molecule is COc1ccc2c3c1O[C@H]1CCC[C@H]4[C@@H](C2)N(CC2CC2)CC[C@]314. The molecule has 24 heavy (non-hydrogen) atoms. The molecule has 1 aromatic carbocycles. The van der Waals surface area contributed by atoms with E-state index in [1.807, 2.05) is 0 Å². The van der Waals surface area contributed by atoms with Gasteiger partial charge in [-0.15, -0.1) is 0 Å². The van der Waals surface area contributed by atoms with Crippen LogP contribution in [0, 0.1) is 11.8 Å². The van der Waals surface area contributed by atoms with Gasteiger partial charge in [0, 0.05) is 23.6 Å². The molecule has 3 heteroatoms. The van der Waals surface area contributed by atoms with Crippen molar-refractivity contribution < 1.29 is 9.47 Å². The number of hydrogen-bond acceptors (Lipinski definition) is 3. The van der Waals surface area contributed by atoms with Gasteiger partial charge in [0.2, 0.25) is 0 Å². The molecule has 0 unspecified atom stereocenters. The van der Waals surface area contributed by atoms with Gasteiger partial charge in [-0.05, 0) is 75.0 Å². The van der Waals surface area contributed by atoms with Crippen molar-refractivity contribution in [1.82, 2.24) is 4.90 Å². The van der Waals surface area contributed by atoms with Crippen molar-refractivity contribution in [2.45, 2.75) is 62.5 Å². The van der Waals surface area contributed by atoms with Gasteiger partial charge in [-0.2, -0.15) is 0 Å². The molecule has 2 bridgehead atoms. The Balaban J connectivity index is 1.51. The first kappa shape index (κ1) is 14.0. The molecule has 0 aromatic heterocycles. The van der Waals surface area contributed by atoms with Gasteiger partial charge in [-0.1, -0.05) is 6.07 Å². The van der Waals surface area contributed by atoms with E-state index < -0.39 is 0 Å². The Kier molecular flexibility index (Phi) is 2.74. The maximum absolute atomic E-state index is 6.59. The largest absolute Gasteiger partial charge is 0.493 e. The van der Waals surface area contributed by atoms with Crippen LogP contribution in [-0.4, -0.2) is 37.2 Å². The van der Waals surface area contributed by atoms with Crippen LogP contribution in [0.2, 0.25) is 0 Å². The van der Waals surface area contributed by atoms with Crippen LogP contribution in [0.1, 0.15) is 49.7 Å². The minimum atomic E-state index is 0.292. The number of rotatable bonds is 3. The van der Waals surface area contributed by atoms with Crippen LogP contribution in [0.15, 0.2) is 12.1 Å². The number of nitrogens with zero attached hydrogens (tertiary/aromatic N) is 1. The molecule has 0 amide bonds. The molecule has 2 saturated carbocycles. The van der Waals surface area contributed by atoms with E-state index in [9.17, 15) is 0 Å². The molecule has 1 aromatic rings. The second kappa shape index (κ2) is 4.69. The molecular formula is C21H27NO2. The lowest BCUT2D eigenvalue weighted by Gasteiger charge is -2.58. The predicted octanol–water partition coefficient (Wildman–Crippen LogP) is 3.53. The molecule has 3 aliphatic carbocycles. The third-order valence-electron chi connectivity index (χ3n) is 7.74. The highest BCUT2D eigenvalue weighted by Gasteiger charge is 2.63. The average molecular weight is 325 g/mol. The summed E-state index contributed by atoms with van der Waals surface area (Å²) in [4.78, 5) is 2.86. The average Bonchev–Trinajstić information content (AvgIpc) is 3.35. The third-order valence-corrected chi connectivity index (χ3v) is 7.74. The van der Waals surface area contributed by atoms with Gasteiger partial charge in [-0.25, -0.2) is 0 Å². The summed E-state index contributed by atoms with van der Waals surface area (Å²) < 4.78 is 12.2. The zero-order chi connectivity index (χ0) is 15.9. The first-order valence-corrected chi connectivity index (χ1v) is 9.92. The minimum absolute atomic E-state index is 0.292. The van der Waals surface area contributed by atoms with Crippen molar-refractivity contribution in [3.8, 4) is 11.5 Å². The van der Waals surface area contributed by atoms with Crippen molar-refractivity contribution in [2.24, 2.45) is 11.8 Å². The summed E-state index contributed by atoms with van der Waals surface area (Å²) >= 11 is 0. The van der Waals surface area contributed by atoms with Crippen molar-refractivity contribution in [2.75, 3.05) is 20.2 Å². The van der Waals surface area contributed by atoms with E-state index >= 15 is 0 Å². The lowest BCUT2D eigenvalue weighted by molar-refractivity contribution is -0.0529. The fraction of sp³-hybridized carbons (Fsp3) is 0.714. The van der Waals surface area contributed by atoms with Gasteiger partial charge in [0.15, 0.2) is 11.5 Å². The number of likely N-dealkylation sites (tertiary alicyclic amines) is 1. The summed E-state index contributed by atoms with van der Waals surface area (Å²) in [5.74, 6) is 3.84. The van der Waals surface area contributed by atoms with Gasteiger partial charge < -0.3 is 9.47 Å². The first-order chi connectivity index (χ1) is 11.8. The molecule has 3 nitrogen and oxygen atoms in total. The van der Waals surface area contributed by atoms with E-state index in [-0.39, 0.29) is 0 Å². The lowest BCUT2D eigenvalue weighted by Crippen LogP contribution is -2.64. The molecule has 1 spiro atoms. The van der Waals surface area contributed by atoms with Gasteiger partial charge in [0.1, 0.15) is 6.10 Å². The zero-order valence-corrected chi connectivity index (χ0v) is 14.6. The fourth-order valence-corrected chi connectivity index (χ4v) is 6.60. The number of ether oxygens (including phenoxy) is 2. The van der Waals surface area contributed by atoms with Crippen molar-refractivity contribution in [1.29, 1.82) is 0 Å². The van der Waals surface area contributed by atoms with Gasteiger partial charge in [0.25, 0.3) is 0 Å². The van der Waals surface area contributed by atoms with E-state index in [1.165, 1.54) is 58.0 Å². The highest BCUT2D eigenvalue weighted by atomic mass is 16.5. The quantitative estimate of drug-likeness (QED) is 0.848. The summed E-state index contributed by atoms with van der Waals surface area (Å²) in [7, 11) is 1.78. The number of benzene rings is 1. The fourth-order valence-electron chi connectivity index (χ4n) is 6.60. The highest BCUT2D eigenvalue weighted by Crippen LogP contribution is 2.64. The molecule has 3 fully saturated rings. The Morgan fingerprint density at radius 3 is 3.00 bits per heavy atom. The number of methoxy groups -OCH3 is 1. The Hall–Kier alpha value is -1.22. The van der Waals surface area contributed by atoms with Crippen LogP contribution in [0.25, 0.3) is 0 Å². The van der Waals surface area contributed by atoms with Crippen molar-refractivity contribution in [3.63, 3.8) is 0 Å². The monoisotopic (exact) mass is 325 g/mol. The van der Waals surface area contributed by atoms with Crippen LogP contribution < -0.4 is 9.47 Å². The predicted molar refractivity (Wildman–Crippen MR) is 92.8 cm³/mol. The summed E-state index contributed by atoms with van der Waals surface area (Å²) in [6, 6.07) is 5.23. The van der Waals surface area contributed by atoms with Crippen LogP contribution >= 0.6 is 0 Å². The molecular weight excluding hydrogens is 298 g/mol. The second-order valence-electron chi connectivity index (χ2n) is 8.78. The minimum Gasteiger partial charge on any atom is -0.493 e. The standard InChI is InChI=1S/C21H27NO2/c1-23-17-8-7-14-11-16-15-3-2-4-18-21(15,19(14)20(17)24-18)9-10-22(16)12-13-5-6-13/h7-8,13,15-16,18H,2-6,9-12H2,1H3/t15-,16+,18-,21+/m0/s1. The van der Waals surface area contributed by atoms with Crippen molar-refractivity contribution in [3.05, 3.63) is 23.3 Å². The smallest absolute Gasteiger partial charge is 0.165 e. The van der Waals surface area contributed by atoms with E-state index in [0.29, 0.717) is 11.5 Å². The normalized spacial score (nSPS) is 39.3. The van der Waals surface area contributed by atoms with Gasteiger partial charge in [-0.3, -0.25) is 4.90 Å². The van der Waals surface area contributed by atoms with Crippen molar-refractivity contribution >= 4 is 0 Å². The Labute approximate surface area is 144 Å². The summed E-state index contributed by atoms with van der Waals surface area (Å²) in [5, 5.41) is 0. The molecule has 128 valence electrons. The molecule has 4 atom stereocenters. The molecule has 6 rings (SSSR count). The topological polar surface area (TPSA) is 21.7 Å². The van der Waals surface area contributed by atoms with Gasteiger partial charge in [0.05, 0.1) is 7.11 Å². The maximum Gasteiger partial charge on any atom is 0.165 e. The van der Waals surface area contributed by atoms with Crippen LogP contribution in [0.3, 0.4) is 0 Å². The van der Waals surface area contributed by atoms with Crippen LogP contribution in [-0.2, 0) is 11.8 Å². The lowest BCUT2D eigenvalue weighted by atomic mass is 9.52. The van der Waals surface area contributed by atoms with Gasteiger partial charge >= 0.3 is 0 Å². The number of hydrogen-bond donors (Lipinski definition) is 0. The van der Waals surface area contributed by atoms with E-state index in [2.05, 4.69) is 17.0 Å². The van der Waals surface area contributed by atoms with Crippen LogP contribution in [0.4, 0.5) is 0 Å². The second-order valence-corrected chi connectivity index (χ2v) is 8.78. The molecule has 0 N–H and O–H groups in total. The Bertz CT molecular complexity index is 697. The Morgan fingerprint density at radius 1 is 1.25 bits per heavy atom. The molecule has 5 aliphatic rings. The molecule has 1 saturated heterocycles.